The van der Waals surface area contributed by atoms with Crippen molar-refractivity contribution in [3.05, 3.63) is 0 Å². The lowest BCUT2D eigenvalue weighted by molar-refractivity contribution is 0.0908. The topological polar surface area (TPSA) is 18.5 Å². The van der Waals surface area contributed by atoms with Gasteiger partial charge in [-0.05, 0) is 12.8 Å². The summed E-state index contributed by atoms with van der Waals surface area (Å²) < 4.78 is 10.7. The van der Waals surface area contributed by atoms with Crippen molar-refractivity contribution in [2.75, 3.05) is 31.8 Å². The smallest absolute Gasteiger partial charge is 0.0517 e. The van der Waals surface area contributed by atoms with Crippen LogP contribution in [0.1, 0.15) is 12.8 Å². The van der Waals surface area contributed by atoms with Crippen LogP contribution >= 0.6 is 15.9 Å². The number of halogens is 1. The van der Waals surface area contributed by atoms with Crippen LogP contribution in [0, 0.1) is 5.92 Å². The van der Waals surface area contributed by atoms with Crippen LogP contribution in [0.2, 0.25) is 0 Å². The highest BCUT2D eigenvalue weighted by molar-refractivity contribution is 9.09. The van der Waals surface area contributed by atoms with Crippen LogP contribution < -0.4 is 0 Å². The first-order chi connectivity index (χ1) is 5.43. The van der Waals surface area contributed by atoms with Gasteiger partial charge in [-0.3, -0.25) is 0 Å². The number of rotatable bonds is 5. The van der Waals surface area contributed by atoms with Crippen molar-refractivity contribution in [2.24, 2.45) is 5.92 Å². The van der Waals surface area contributed by atoms with Gasteiger partial charge in [-0.1, -0.05) is 15.9 Å². The molecule has 0 aliphatic carbocycles. The Hall–Kier alpha value is 0.400. The zero-order valence-electron chi connectivity index (χ0n) is 6.72. The van der Waals surface area contributed by atoms with Gasteiger partial charge in [0.05, 0.1) is 13.2 Å². The molecule has 2 nitrogen and oxygen atoms in total. The van der Waals surface area contributed by atoms with Crippen molar-refractivity contribution in [3.63, 3.8) is 0 Å². The molecule has 1 atom stereocenters. The van der Waals surface area contributed by atoms with Crippen LogP contribution in [-0.2, 0) is 9.47 Å². The van der Waals surface area contributed by atoms with Gasteiger partial charge in [0.25, 0.3) is 0 Å². The Kier molecular flexibility index (Phi) is 5.15. The fourth-order valence-electron chi connectivity index (χ4n) is 1.12. The Labute approximate surface area is 76.4 Å². The lowest BCUT2D eigenvalue weighted by Crippen LogP contribution is -2.09. The highest BCUT2D eigenvalue weighted by Crippen LogP contribution is 2.12. The average Bonchev–Trinajstić information content (AvgIpc) is 2.50. The van der Waals surface area contributed by atoms with Crippen molar-refractivity contribution in [1.82, 2.24) is 0 Å². The van der Waals surface area contributed by atoms with Crippen molar-refractivity contribution >= 4 is 15.9 Å². The normalized spacial score (nSPS) is 24.3. The van der Waals surface area contributed by atoms with E-state index < -0.39 is 0 Å². The van der Waals surface area contributed by atoms with Crippen molar-refractivity contribution in [3.8, 4) is 0 Å². The van der Waals surface area contributed by atoms with Crippen LogP contribution in [0.25, 0.3) is 0 Å². The second-order valence-corrected chi connectivity index (χ2v) is 3.64. The average molecular weight is 223 g/mol. The molecule has 0 aromatic rings. The van der Waals surface area contributed by atoms with Crippen LogP contribution in [-0.4, -0.2) is 31.8 Å². The molecule has 0 aromatic carbocycles. The van der Waals surface area contributed by atoms with Gasteiger partial charge in [-0.15, -0.1) is 0 Å². The molecule has 3 heteroatoms. The van der Waals surface area contributed by atoms with Crippen molar-refractivity contribution in [1.29, 1.82) is 0 Å². The predicted molar refractivity (Wildman–Crippen MR) is 48.2 cm³/mol. The Balaban J connectivity index is 1.86. The molecule has 0 bridgehead atoms. The van der Waals surface area contributed by atoms with E-state index in [0.29, 0.717) is 5.92 Å². The molecule has 1 aliphatic heterocycles. The number of ether oxygens (including phenoxy) is 2. The molecular weight excluding hydrogens is 208 g/mol. The van der Waals surface area contributed by atoms with Crippen LogP contribution in [0.5, 0.6) is 0 Å². The van der Waals surface area contributed by atoms with E-state index >= 15 is 0 Å². The van der Waals surface area contributed by atoms with Crippen molar-refractivity contribution < 1.29 is 9.47 Å². The van der Waals surface area contributed by atoms with Gasteiger partial charge in [0.15, 0.2) is 0 Å². The standard InChI is InChI=1S/C8H15BrO2/c9-3-1-4-10-6-8-2-5-11-7-8/h8H,1-7H2/t8-/m0/s1. The molecule has 0 saturated carbocycles. The predicted octanol–water partition coefficient (Wildman–Crippen LogP) is 1.82. The monoisotopic (exact) mass is 222 g/mol. The third-order valence-corrected chi connectivity index (χ3v) is 2.36. The van der Waals surface area contributed by atoms with Gasteiger partial charge in [0.1, 0.15) is 0 Å². The van der Waals surface area contributed by atoms with Gasteiger partial charge in [0.2, 0.25) is 0 Å². The first-order valence-corrected chi connectivity index (χ1v) is 5.27. The van der Waals surface area contributed by atoms with E-state index in [4.69, 9.17) is 9.47 Å². The van der Waals surface area contributed by atoms with Gasteiger partial charge in [-0.25, -0.2) is 0 Å². The third-order valence-electron chi connectivity index (χ3n) is 1.80. The fraction of sp³-hybridized carbons (Fsp3) is 1.00. The molecule has 1 rings (SSSR count). The van der Waals surface area contributed by atoms with Crippen LogP contribution in [0.4, 0.5) is 0 Å². The molecule has 0 spiro atoms. The highest BCUT2D eigenvalue weighted by Gasteiger charge is 2.14. The quantitative estimate of drug-likeness (QED) is 0.522. The highest BCUT2D eigenvalue weighted by atomic mass is 79.9. The second kappa shape index (κ2) is 5.98. The summed E-state index contributed by atoms with van der Waals surface area (Å²) in [5, 5.41) is 1.04. The van der Waals surface area contributed by atoms with Crippen LogP contribution in [0.3, 0.4) is 0 Å². The molecule has 0 unspecified atom stereocenters. The summed E-state index contributed by atoms with van der Waals surface area (Å²) in [4.78, 5) is 0. The maximum absolute atomic E-state index is 5.45. The number of hydrogen-bond donors (Lipinski definition) is 0. The number of hydrogen-bond acceptors (Lipinski definition) is 2. The molecule has 0 radical (unpaired) electrons. The van der Waals surface area contributed by atoms with E-state index in [1.165, 1.54) is 6.42 Å². The maximum atomic E-state index is 5.45. The molecular formula is C8H15BrO2. The van der Waals surface area contributed by atoms with Gasteiger partial charge in [-0.2, -0.15) is 0 Å². The Morgan fingerprint density at radius 3 is 3.09 bits per heavy atom. The minimum Gasteiger partial charge on any atom is -0.381 e. The SMILES string of the molecule is BrCCCOC[C@@H]1CCOC1. The Bertz CT molecular complexity index is 92.1. The molecule has 0 amide bonds. The molecule has 1 aliphatic rings. The zero-order chi connectivity index (χ0) is 7.94. The molecule has 1 fully saturated rings. The van der Waals surface area contributed by atoms with Gasteiger partial charge >= 0.3 is 0 Å². The lowest BCUT2D eigenvalue weighted by atomic mass is 10.1. The maximum Gasteiger partial charge on any atom is 0.0517 e. The van der Waals surface area contributed by atoms with E-state index in [-0.39, 0.29) is 0 Å². The fourth-order valence-corrected chi connectivity index (χ4v) is 1.35. The van der Waals surface area contributed by atoms with E-state index in [0.717, 1.165) is 38.2 Å². The summed E-state index contributed by atoms with van der Waals surface area (Å²) in [5.74, 6) is 0.658. The summed E-state index contributed by atoms with van der Waals surface area (Å²) in [6.07, 6.45) is 2.28. The summed E-state index contributed by atoms with van der Waals surface area (Å²) in [7, 11) is 0. The van der Waals surface area contributed by atoms with E-state index in [9.17, 15) is 0 Å². The van der Waals surface area contributed by atoms with E-state index in [1.807, 2.05) is 0 Å². The molecule has 66 valence electrons. The molecule has 1 heterocycles. The minimum absolute atomic E-state index is 0.658. The first-order valence-electron chi connectivity index (χ1n) is 4.15. The number of alkyl halides is 1. The summed E-state index contributed by atoms with van der Waals surface area (Å²) in [5.41, 5.74) is 0. The minimum atomic E-state index is 0.658. The Morgan fingerprint density at radius 1 is 1.55 bits per heavy atom. The largest absolute Gasteiger partial charge is 0.381 e. The molecule has 11 heavy (non-hydrogen) atoms. The molecule has 0 aromatic heterocycles. The molecule has 0 N–H and O–H groups in total. The molecule has 1 saturated heterocycles. The third kappa shape index (κ3) is 4.09. The summed E-state index contributed by atoms with van der Waals surface area (Å²) in [6.45, 7) is 3.58. The summed E-state index contributed by atoms with van der Waals surface area (Å²) >= 11 is 3.36. The van der Waals surface area contributed by atoms with Gasteiger partial charge < -0.3 is 9.47 Å². The lowest BCUT2D eigenvalue weighted by Gasteiger charge is -2.07. The van der Waals surface area contributed by atoms with Crippen LogP contribution in [0.15, 0.2) is 0 Å². The van der Waals surface area contributed by atoms with E-state index in [2.05, 4.69) is 15.9 Å². The first kappa shape index (κ1) is 9.49. The summed E-state index contributed by atoms with van der Waals surface area (Å²) in [6, 6.07) is 0. The second-order valence-electron chi connectivity index (χ2n) is 2.85. The van der Waals surface area contributed by atoms with E-state index in [1.54, 1.807) is 0 Å². The van der Waals surface area contributed by atoms with Crippen molar-refractivity contribution in [2.45, 2.75) is 12.8 Å². The van der Waals surface area contributed by atoms with Gasteiger partial charge in [0, 0.05) is 24.5 Å². The Morgan fingerprint density at radius 2 is 2.45 bits per heavy atom. The zero-order valence-corrected chi connectivity index (χ0v) is 8.31.